The van der Waals surface area contributed by atoms with Crippen LogP contribution in [0.25, 0.3) is 0 Å². The van der Waals surface area contributed by atoms with Crippen molar-refractivity contribution < 1.29 is 14.3 Å². The molecule has 0 unspecified atom stereocenters. The molecule has 6 nitrogen and oxygen atoms in total. The van der Waals surface area contributed by atoms with E-state index in [0.29, 0.717) is 11.4 Å². The van der Waals surface area contributed by atoms with E-state index in [1.807, 2.05) is 6.92 Å². The number of nitrogens with one attached hydrogen (secondary N) is 3. The van der Waals surface area contributed by atoms with E-state index in [-0.39, 0.29) is 25.0 Å². The van der Waals surface area contributed by atoms with Gasteiger partial charge in [-0.05, 0) is 18.7 Å². The zero-order valence-corrected chi connectivity index (χ0v) is 11.2. The number of rotatable bonds is 7. The maximum atomic E-state index is 11.5. The Hall–Kier alpha value is -2.08. The summed E-state index contributed by atoms with van der Waals surface area (Å²) in [6.45, 7) is 2.88. The van der Waals surface area contributed by atoms with Gasteiger partial charge in [0.25, 0.3) is 5.91 Å². The van der Waals surface area contributed by atoms with Gasteiger partial charge < -0.3 is 20.7 Å². The Morgan fingerprint density at radius 1 is 1.26 bits per heavy atom. The van der Waals surface area contributed by atoms with Crippen LogP contribution < -0.4 is 20.7 Å². The summed E-state index contributed by atoms with van der Waals surface area (Å²) in [5, 5.41) is 8.13. The molecule has 0 spiro atoms. The quantitative estimate of drug-likeness (QED) is 0.665. The molecule has 3 N–H and O–H groups in total. The van der Waals surface area contributed by atoms with Crippen LogP contribution in [0.2, 0.25) is 0 Å². The van der Waals surface area contributed by atoms with Gasteiger partial charge in [0, 0.05) is 18.8 Å². The molecule has 1 aromatic rings. The third-order valence-electron chi connectivity index (χ3n) is 2.30. The lowest BCUT2D eigenvalue weighted by Gasteiger charge is -2.09. The predicted molar refractivity (Wildman–Crippen MR) is 73.2 cm³/mol. The Balaban J connectivity index is 2.51. The average molecular weight is 265 g/mol. The Bertz CT molecular complexity index is 435. The summed E-state index contributed by atoms with van der Waals surface area (Å²) in [7, 11) is 1.54. The maximum absolute atomic E-state index is 11.5. The van der Waals surface area contributed by atoms with Crippen LogP contribution in [-0.4, -0.2) is 38.6 Å². The third kappa shape index (κ3) is 5.87. The minimum atomic E-state index is -0.207. The number of carbonyl (C=O) groups excluding carboxylic acids is 2. The van der Waals surface area contributed by atoms with Crippen molar-refractivity contribution in [1.82, 2.24) is 10.6 Å². The fourth-order valence-electron chi connectivity index (χ4n) is 1.33. The van der Waals surface area contributed by atoms with Crippen molar-refractivity contribution in [3.05, 3.63) is 24.3 Å². The molecule has 19 heavy (non-hydrogen) atoms. The first-order chi connectivity index (χ1) is 9.15. The van der Waals surface area contributed by atoms with Crippen molar-refractivity contribution in [3.63, 3.8) is 0 Å². The molecule has 2 amide bonds. The van der Waals surface area contributed by atoms with Crippen LogP contribution in [0.1, 0.15) is 6.92 Å². The van der Waals surface area contributed by atoms with Crippen LogP contribution in [0.15, 0.2) is 24.3 Å². The number of benzene rings is 1. The van der Waals surface area contributed by atoms with Crippen LogP contribution in [0, 0.1) is 0 Å². The van der Waals surface area contributed by atoms with Crippen molar-refractivity contribution in [3.8, 4) is 5.75 Å². The Morgan fingerprint density at radius 3 is 2.74 bits per heavy atom. The molecule has 0 aliphatic carbocycles. The number of carbonyl (C=O) groups is 2. The highest BCUT2D eigenvalue weighted by molar-refractivity contribution is 5.92. The number of hydrogen-bond donors (Lipinski definition) is 3. The smallest absolute Gasteiger partial charge is 0.257 e. The number of likely N-dealkylation sites (N-methyl/N-ethyl adjacent to an activating group) is 2. The SMILES string of the molecule is CCNCC(=O)Nc1cccc(OCC(=O)NC)c1. The number of hydrogen-bond acceptors (Lipinski definition) is 4. The summed E-state index contributed by atoms with van der Waals surface area (Å²) in [5.41, 5.74) is 0.636. The third-order valence-corrected chi connectivity index (χ3v) is 2.30. The van der Waals surface area contributed by atoms with E-state index < -0.39 is 0 Å². The lowest BCUT2D eigenvalue weighted by molar-refractivity contribution is -0.122. The predicted octanol–water partition coefficient (Wildman–Crippen LogP) is 0.359. The van der Waals surface area contributed by atoms with Crippen molar-refractivity contribution in [2.75, 3.05) is 32.1 Å². The molecule has 0 aliphatic heterocycles. The second-order valence-corrected chi connectivity index (χ2v) is 3.82. The van der Waals surface area contributed by atoms with Gasteiger partial charge in [-0.3, -0.25) is 9.59 Å². The zero-order valence-electron chi connectivity index (χ0n) is 11.2. The maximum Gasteiger partial charge on any atom is 0.257 e. The lowest BCUT2D eigenvalue weighted by atomic mass is 10.3. The minimum Gasteiger partial charge on any atom is -0.484 e. The number of amides is 2. The number of anilines is 1. The first kappa shape index (κ1) is 15.0. The van der Waals surface area contributed by atoms with Gasteiger partial charge in [0.1, 0.15) is 5.75 Å². The van der Waals surface area contributed by atoms with Gasteiger partial charge in [0.15, 0.2) is 6.61 Å². The van der Waals surface area contributed by atoms with Crippen LogP contribution in [-0.2, 0) is 9.59 Å². The first-order valence-corrected chi connectivity index (χ1v) is 6.09. The molecule has 1 aromatic carbocycles. The molecule has 6 heteroatoms. The molecule has 0 fully saturated rings. The Kier molecular flexibility index (Phi) is 6.38. The minimum absolute atomic E-state index is 0.0503. The Labute approximate surface area is 112 Å². The van der Waals surface area contributed by atoms with Crippen molar-refractivity contribution in [1.29, 1.82) is 0 Å². The normalized spacial score (nSPS) is 9.79. The van der Waals surface area contributed by atoms with E-state index in [2.05, 4.69) is 16.0 Å². The van der Waals surface area contributed by atoms with Gasteiger partial charge in [0.05, 0.1) is 6.54 Å². The van der Waals surface area contributed by atoms with Crippen LogP contribution in [0.4, 0.5) is 5.69 Å². The van der Waals surface area contributed by atoms with Gasteiger partial charge >= 0.3 is 0 Å². The molecule has 0 saturated heterocycles. The first-order valence-electron chi connectivity index (χ1n) is 6.09. The molecule has 104 valence electrons. The molecule has 0 heterocycles. The van der Waals surface area contributed by atoms with E-state index in [9.17, 15) is 9.59 Å². The van der Waals surface area contributed by atoms with Gasteiger partial charge in [0.2, 0.25) is 5.91 Å². The second-order valence-electron chi connectivity index (χ2n) is 3.82. The molecular weight excluding hydrogens is 246 g/mol. The summed E-state index contributed by atoms with van der Waals surface area (Å²) in [6, 6.07) is 6.91. The number of ether oxygens (including phenoxy) is 1. The average Bonchev–Trinajstić information content (AvgIpc) is 2.43. The molecule has 1 rings (SSSR count). The molecule has 0 aromatic heterocycles. The molecule has 0 radical (unpaired) electrons. The standard InChI is InChI=1S/C13H19N3O3/c1-3-15-8-12(17)16-10-5-4-6-11(7-10)19-9-13(18)14-2/h4-7,15H,3,8-9H2,1-2H3,(H,14,18)(H,16,17). The zero-order chi connectivity index (χ0) is 14.1. The second kappa shape index (κ2) is 8.10. The lowest BCUT2D eigenvalue weighted by Crippen LogP contribution is -2.27. The fourth-order valence-corrected chi connectivity index (χ4v) is 1.33. The van der Waals surface area contributed by atoms with Gasteiger partial charge in [-0.15, -0.1) is 0 Å². The van der Waals surface area contributed by atoms with Gasteiger partial charge in [-0.25, -0.2) is 0 Å². The van der Waals surface area contributed by atoms with E-state index in [4.69, 9.17) is 4.74 Å². The largest absolute Gasteiger partial charge is 0.484 e. The molecule has 0 bridgehead atoms. The van der Waals surface area contributed by atoms with Crippen LogP contribution in [0.5, 0.6) is 5.75 Å². The molecule has 0 aliphatic rings. The summed E-state index contributed by atoms with van der Waals surface area (Å²) < 4.78 is 5.28. The van der Waals surface area contributed by atoms with Crippen molar-refractivity contribution in [2.24, 2.45) is 0 Å². The summed E-state index contributed by atoms with van der Waals surface area (Å²) in [4.78, 5) is 22.6. The highest BCUT2D eigenvalue weighted by atomic mass is 16.5. The topological polar surface area (TPSA) is 79.5 Å². The van der Waals surface area contributed by atoms with Crippen LogP contribution in [0.3, 0.4) is 0 Å². The van der Waals surface area contributed by atoms with E-state index >= 15 is 0 Å². The summed E-state index contributed by atoms with van der Waals surface area (Å²) in [6.07, 6.45) is 0. The van der Waals surface area contributed by atoms with E-state index in [0.717, 1.165) is 6.54 Å². The molecule has 0 atom stereocenters. The Morgan fingerprint density at radius 2 is 2.05 bits per heavy atom. The summed E-state index contributed by atoms with van der Waals surface area (Å²) in [5.74, 6) is 0.205. The van der Waals surface area contributed by atoms with E-state index in [1.165, 1.54) is 0 Å². The van der Waals surface area contributed by atoms with E-state index in [1.54, 1.807) is 31.3 Å². The molecule has 0 saturated carbocycles. The van der Waals surface area contributed by atoms with Crippen molar-refractivity contribution >= 4 is 17.5 Å². The van der Waals surface area contributed by atoms with Gasteiger partial charge in [-0.2, -0.15) is 0 Å². The monoisotopic (exact) mass is 265 g/mol. The highest BCUT2D eigenvalue weighted by Gasteiger charge is 2.04. The highest BCUT2D eigenvalue weighted by Crippen LogP contribution is 2.17. The van der Waals surface area contributed by atoms with Crippen LogP contribution >= 0.6 is 0 Å². The fraction of sp³-hybridized carbons (Fsp3) is 0.385. The van der Waals surface area contributed by atoms with Gasteiger partial charge in [-0.1, -0.05) is 13.0 Å². The van der Waals surface area contributed by atoms with Crippen molar-refractivity contribution in [2.45, 2.75) is 6.92 Å². The molecular formula is C13H19N3O3. The summed E-state index contributed by atoms with van der Waals surface area (Å²) >= 11 is 0.